The highest BCUT2D eigenvalue weighted by Gasteiger charge is 2.13. The first kappa shape index (κ1) is 10.4. The molecule has 1 aromatic carbocycles. The van der Waals surface area contributed by atoms with Crippen LogP contribution in [-0.2, 0) is 0 Å². The molecule has 0 amide bonds. The van der Waals surface area contributed by atoms with Crippen LogP contribution in [0.1, 0.15) is 10.4 Å². The van der Waals surface area contributed by atoms with Crippen LogP contribution in [0.25, 0.3) is 22.6 Å². The molecule has 6 heteroatoms. The Hall–Kier alpha value is -2.76. The van der Waals surface area contributed by atoms with Crippen LogP contribution in [0.3, 0.4) is 0 Å². The molecule has 0 radical (unpaired) electrons. The molecule has 0 bridgehead atoms. The molecule has 0 atom stereocenters. The normalized spacial score (nSPS) is 10.7. The Balaban J connectivity index is 2.23. The van der Waals surface area contributed by atoms with E-state index in [1.807, 2.05) is 0 Å². The molecule has 2 N–H and O–H groups in total. The van der Waals surface area contributed by atoms with Crippen LogP contribution >= 0.6 is 0 Å². The molecule has 18 heavy (non-hydrogen) atoms. The minimum Gasteiger partial charge on any atom is -0.478 e. The second kappa shape index (κ2) is 3.92. The summed E-state index contributed by atoms with van der Waals surface area (Å²) in [4.78, 5) is 18.4. The fourth-order valence-corrected chi connectivity index (χ4v) is 1.75. The van der Waals surface area contributed by atoms with Crippen LogP contribution in [0, 0.1) is 0 Å². The zero-order valence-corrected chi connectivity index (χ0v) is 9.16. The molecule has 0 saturated heterocycles. The number of aromatic amines is 1. The Labute approximate surface area is 101 Å². The van der Waals surface area contributed by atoms with E-state index in [0.717, 1.165) is 0 Å². The number of carboxylic acid groups (broad SMARTS) is 1. The minimum atomic E-state index is -1.00. The van der Waals surface area contributed by atoms with Crippen molar-refractivity contribution in [2.24, 2.45) is 0 Å². The smallest absolute Gasteiger partial charge is 0.337 e. The number of carbonyl (C=O) groups is 1. The van der Waals surface area contributed by atoms with Crippen molar-refractivity contribution in [3.8, 4) is 11.5 Å². The molecule has 0 fully saturated rings. The summed E-state index contributed by atoms with van der Waals surface area (Å²) in [5.74, 6) is -0.496. The third-order valence-corrected chi connectivity index (χ3v) is 2.56. The number of nitrogens with one attached hydrogen (secondary N) is 1. The molecule has 6 nitrogen and oxygen atoms in total. The van der Waals surface area contributed by atoms with E-state index in [2.05, 4.69) is 20.2 Å². The number of aromatic nitrogens is 4. The Bertz CT molecular complexity index is 721. The van der Waals surface area contributed by atoms with Gasteiger partial charge in [0.1, 0.15) is 11.2 Å². The van der Waals surface area contributed by atoms with E-state index in [9.17, 15) is 4.79 Å². The Morgan fingerprint density at radius 2 is 2.11 bits per heavy atom. The molecule has 0 aliphatic heterocycles. The Morgan fingerprint density at radius 3 is 2.83 bits per heavy atom. The van der Waals surface area contributed by atoms with Crippen molar-refractivity contribution < 1.29 is 9.90 Å². The molecule has 0 aliphatic carbocycles. The van der Waals surface area contributed by atoms with Crippen molar-refractivity contribution in [3.05, 3.63) is 42.1 Å². The molecule has 3 aromatic rings. The predicted molar refractivity (Wildman–Crippen MR) is 64.1 cm³/mol. The minimum absolute atomic E-state index is 0.166. The first-order valence-corrected chi connectivity index (χ1v) is 5.26. The fourth-order valence-electron chi connectivity index (χ4n) is 1.75. The van der Waals surface area contributed by atoms with Gasteiger partial charge in [0.15, 0.2) is 5.82 Å². The van der Waals surface area contributed by atoms with Crippen LogP contribution < -0.4 is 0 Å². The molecular weight excluding hydrogens is 232 g/mol. The maximum atomic E-state index is 11.1. The lowest BCUT2D eigenvalue weighted by Gasteiger charge is -1.93. The lowest BCUT2D eigenvalue weighted by atomic mass is 10.2. The van der Waals surface area contributed by atoms with Crippen molar-refractivity contribution in [3.63, 3.8) is 0 Å². The highest BCUT2D eigenvalue weighted by molar-refractivity contribution is 6.01. The standard InChI is InChI=1S/C12H8N4O2/c17-12(18)7-3-1-4-8-10(7)15-11(14-8)9-5-2-6-13-16-9/h1-6H,(H,14,15)(H,17,18). The SMILES string of the molecule is O=C(O)c1cccc2[nH]c(-c3cccnn3)nc12. The molecule has 0 spiro atoms. The van der Waals surface area contributed by atoms with Gasteiger partial charge >= 0.3 is 5.97 Å². The van der Waals surface area contributed by atoms with Gasteiger partial charge in [0, 0.05) is 6.20 Å². The number of H-pyrrole nitrogens is 1. The van der Waals surface area contributed by atoms with Gasteiger partial charge in [0.25, 0.3) is 0 Å². The van der Waals surface area contributed by atoms with Crippen LogP contribution in [0.5, 0.6) is 0 Å². The highest BCUT2D eigenvalue weighted by atomic mass is 16.4. The lowest BCUT2D eigenvalue weighted by molar-refractivity contribution is 0.0699. The van der Waals surface area contributed by atoms with Gasteiger partial charge in [-0.25, -0.2) is 9.78 Å². The third-order valence-electron chi connectivity index (χ3n) is 2.56. The number of benzene rings is 1. The quantitative estimate of drug-likeness (QED) is 0.711. The number of rotatable bonds is 2. The zero-order valence-electron chi connectivity index (χ0n) is 9.16. The van der Waals surface area contributed by atoms with E-state index in [0.29, 0.717) is 22.6 Å². The van der Waals surface area contributed by atoms with Crippen molar-refractivity contribution in [1.29, 1.82) is 0 Å². The molecule has 0 aliphatic rings. The molecule has 2 heterocycles. The Morgan fingerprint density at radius 1 is 1.22 bits per heavy atom. The number of para-hydroxylation sites is 1. The van der Waals surface area contributed by atoms with Crippen LogP contribution in [0.4, 0.5) is 0 Å². The number of aromatic carboxylic acids is 1. The summed E-state index contributed by atoms with van der Waals surface area (Å²) < 4.78 is 0. The van der Waals surface area contributed by atoms with E-state index in [1.165, 1.54) is 6.07 Å². The molecule has 2 aromatic heterocycles. The average Bonchev–Trinajstić information content (AvgIpc) is 2.83. The van der Waals surface area contributed by atoms with Gasteiger partial charge in [-0.05, 0) is 24.3 Å². The zero-order chi connectivity index (χ0) is 12.5. The summed E-state index contributed by atoms with van der Waals surface area (Å²) in [6, 6.07) is 8.46. The number of hydrogen-bond acceptors (Lipinski definition) is 4. The second-order valence-corrected chi connectivity index (χ2v) is 3.70. The van der Waals surface area contributed by atoms with E-state index >= 15 is 0 Å². The second-order valence-electron chi connectivity index (χ2n) is 3.70. The predicted octanol–water partition coefficient (Wildman–Crippen LogP) is 1.72. The van der Waals surface area contributed by atoms with Gasteiger partial charge in [0.05, 0.1) is 11.1 Å². The summed E-state index contributed by atoms with van der Waals surface area (Å²) in [5, 5.41) is 16.8. The summed E-state index contributed by atoms with van der Waals surface area (Å²) in [6.07, 6.45) is 1.56. The van der Waals surface area contributed by atoms with Crippen LogP contribution in [0.15, 0.2) is 36.5 Å². The van der Waals surface area contributed by atoms with Crippen molar-refractivity contribution in [1.82, 2.24) is 20.2 Å². The summed E-state index contributed by atoms with van der Waals surface area (Å²) in [6.45, 7) is 0. The molecule has 88 valence electrons. The summed E-state index contributed by atoms with van der Waals surface area (Å²) in [5.41, 5.74) is 1.82. The summed E-state index contributed by atoms with van der Waals surface area (Å²) >= 11 is 0. The van der Waals surface area contributed by atoms with Gasteiger partial charge < -0.3 is 10.1 Å². The number of fused-ring (bicyclic) bond motifs is 1. The monoisotopic (exact) mass is 240 g/mol. The van der Waals surface area contributed by atoms with Gasteiger partial charge in [-0.2, -0.15) is 5.10 Å². The largest absolute Gasteiger partial charge is 0.478 e. The van der Waals surface area contributed by atoms with Gasteiger partial charge in [-0.15, -0.1) is 5.10 Å². The van der Waals surface area contributed by atoms with Crippen molar-refractivity contribution >= 4 is 17.0 Å². The number of nitrogens with zero attached hydrogens (tertiary/aromatic N) is 3. The molecule has 3 rings (SSSR count). The molecular formula is C12H8N4O2. The first-order valence-electron chi connectivity index (χ1n) is 5.26. The van der Waals surface area contributed by atoms with Crippen LogP contribution in [-0.4, -0.2) is 31.2 Å². The van der Waals surface area contributed by atoms with Gasteiger partial charge in [-0.3, -0.25) is 0 Å². The topological polar surface area (TPSA) is 91.8 Å². The maximum absolute atomic E-state index is 11.1. The number of imidazole rings is 1. The lowest BCUT2D eigenvalue weighted by Crippen LogP contribution is -1.96. The van der Waals surface area contributed by atoms with E-state index in [4.69, 9.17) is 5.11 Å². The Kier molecular flexibility index (Phi) is 2.26. The first-order chi connectivity index (χ1) is 8.75. The van der Waals surface area contributed by atoms with Gasteiger partial charge in [-0.1, -0.05) is 6.07 Å². The van der Waals surface area contributed by atoms with E-state index in [1.54, 1.807) is 30.5 Å². The van der Waals surface area contributed by atoms with Crippen LogP contribution in [0.2, 0.25) is 0 Å². The van der Waals surface area contributed by atoms with E-state index < -0.39 is 5.97 Å². The van der Waals surface area contributed by atoms with Gasteiger partial charge in [0.2, 0.25) is 0 Å². The molecule has 0 unspecified atom stereocenters. The number of hydrogen-bond donors (Lipinski definition) is 2. The number of carboxylic acids is 1. The molecule has 0 saturated carbocycles. The highest BCUT2D eigenvalue weighted by Crippen LogP contribution is 2.21. The fraction of sp³-hybridized carbons (Fsp3) is 0. The van der Waals surface area contributed by atoms with Crippen molar-refractivity contribution in [2.45, 2.75) is 0 Å². The average molecular weight is 240 g/mol. The third kappa shape index (κ3) is 1.60. The maximum Gasteiger partial charge on any atom is 0.337 e. The van der Waals surface area contributed by atoms with E-state index in [-0.39, 0.29) is 5.56 Å². The summed E-state index contributed by atoms with van der Waals surface area (Å²) in [7, 11) is 0. The van der Waals surface area contributed by atoms with Crippen molar-refractivity contribution in [2.75, 3.05) is 0 Å².